The number of sulfonamides is 1. The second-order valence-corrected chi connectivity index (χ2v) is 8.99. The average molecular weight is 512 g/mol. The van der Waals surface area contributed by atoms with Crippen LogP contribution in [0.15, 0.2) is 71.6 Å². The SMILES string of the molecule is COc1ccc(S(=O)(=O)N(CC(=O)Nc2cccc(C(F)(F)F)c2)c2ccc(F)cc2)cc1OC. The molecule has 3 aromatic carbocycles. The van der Waals surface area contributed by atoms with Gasteiger partial charge in [-0.1, -0.05) is 6.07 Å². The molecule has 0 saturated heterocycles. The van der Waals surface area contributed by atoms with Crippen molar-refractivity contribution in [1.29, 1.82) is 0 Å². The van der Waals surface area contributed by atoms with Gasteiger partial charge in [-0.3, -0.25) is 9.10 Å². The molecule has 186 valence electrons. The summed E-state index contributed by atoms with van der Waals surface area (Å²) in [6.07, 6.45) is -4.63. The Hall–Kier alpha value is -3.80. The molecule has 1 N–H and O–H groups in total. The second kappa shape index (κ2) is 10.2. The van der Waals surface area contributed by atoms with Crippen molar-refractivity contribution in [3.8, 4) is 11.5 Å². The number of methoxy groups -OCH3 is 2. The van der Waals surface area contributed by atoms with Crippen LogP contribution in [0.5, 0.6) is 11.5 Å². The van der Waals surface area contributed by atoms with E-state index in [2.05, 4.69) is 5.32 Å². The molecule has 35 heavy (non-hydrogen) atoms. The summed E-state index contributed by atoms with van der Waals surface area (Å²) >= 11 is 0. The zero-order valence-electron chi connectivity index (χ0n) is 18.5. The third kappa shape index (κ3) is 6.01. The summed E-state index contributed by atoms with van der Waals surface area (Å²) < 4.78 is 90.3. The summed E-state index contributed by atoms with van der Waals surface area (Å²) in [5.41, 5.74) is -1.20. The number of halogens is 4. The fraction of sp³-hybridized carbons (Fsp3) is 0.174. The zero-order valence-corrected chi connectivity index (χ0v) is 19.3. The van der Waals surface area contributed by atoms with Crippen molar-refractivity contribution in [1.82, 2.24) is 0 Å². The molecule has 0 atom stereocenters. The Kier molecular flexibility index (Phi) is 7.54. The van der Waals surface area contributed by atoms with Crippen LogP contribution in [-0.2, 0) is 21.0 Å². The quantitative estimate of drug-likeness (QED) is 0.443. The fourth-order valence-corrected chi connectivity index (χ4v) is 4.57. The molecule has 0 aliphatic carbocycles. The van der Waals surface area contributed by atoms with Crippen LogP contribution in [0, 0.1) is 5.82 Å². The Morgan fingerprint density at radius 1 is 0.943 bits per heavy atom. The lowest BCUT2D eigenvalue weighted by molar-refractivity contribution is -0.137. The van der Waals surface area contributed by atoms with Crippen molar-refractivity contribution < 1.29 is 40.2 Å². The van der Waals surface area contributed by atoms with Gasteiger partial charge < -0.3 is 14.8 Å². The first-order chi connectivity index (χ1) is 16.5. The monoisotopic (exact) mass is 512 g/mol. The fourth-order valence-electron chi connectivity index (χ4n) is 3.13. The molecule has 0 saturated carbocycles. The maximum Gasteiger partial charge on any atom is 0.416 e. The topological polar surface area (TPSA) is 84.9 Å². The van der Waals surface area contributed by atoms with Crippen LogP contribution in [0.2, 0.25) is 0 Å². The van der Waals surface area contributed by atoms with Crippen molar-refractivity contribution in [2.45, 2.75) is 11.1 Å². The van der Waals surface area contributed by atoms with Gasteiger partial charge >= 0.3 is 6.18 Å². The highest BCUT2D eigenvalue weighted by atomic mass is 32.2. The van der Waals surface area contributed by atoms with Gasteiger partial charge in [-0.05, 0) is 54.6 Å². The molecule has 0 unspecified atom stereocenters. The Morgan fingerprint density at radius 3 is 2.20 bits per heavy atom. The number of hydrogen-bond acceptors (Lipinski definition) is 5. The molecule has 0 aliphatic heterocycles. The maximum absolute atomic E-state index is 13.5. The van der Waals surface area contributed by atoms with Crippen LogP contribution in [0.1, 0.15) is 5.56 Å². The molecule has 0 radical (unpaired) electrons. The first-order valence-corrected chi connectivity index (χ1v) is 11.4. The number of carbonyl (C=O) groups excluding carboxylic acids is 1. The number of hydrogen-bond donors (Lipinski definition) is 1. The third-order valence-electron chi connectivity index (χ3n) is 4.82. The number of alkyl halides is 3. The highest BCUT2D eigenvalue weighted by Gasteiger charge is 2.31. The summed E-state index contributed by atoms with van der Waals surface area (Å²) in [6, 6.07) is 12.0. The Morgan fingerprint density at radius 2 is 1.60 bits per heavy atom. The van der Waals surface area contributed by atoms with Crippen LogP contribution in [-0.4, -0.2) is 35.1 Å². The molecule has 3 rings (SSSR count). The number of rotatable bonds is 8. The minimum atomic E-state index is -4.63. The lowest BCUT2D eigenvalue weighted by Crippen LogP contribution is -2.38. The van der Waals surface area contributed by atoms with Crippen LogP contribution in [0.25, 0.3) is 0 Å². The summed E-state index contributed by atoms with van der Waals surface area (Å²) in [5, 5.41) is 2.27. The minimum Gasteiger partial charge on any atom is -0.493 e. The average Bonchev–Trinajstić information content (AvgIpc) is 2.82. The van der Waals surface area contributed by atoms with Gasteiger partial charge in [-0.2, -0.15) is 13.2 Å². The molecule has 1 amide bonds. The van der Waals surface area contributed by atoms with Gasteiger partial charge in [-0.25, -0.2) is 12.8 Å². The smallest absolute Gasteiger partial charge is 0.416 e. The number of benzene rings is 3. The molecule has 3 aromatic rings. The van der Waals surface area contributed by atoms with Gasteiger partial charge in [0.15, 0.2) is 11.5 Å². The predicted octanol–water partition coefficient (Wildman–Crippen LogP) is 4.70. The van der Waals surface area contributed by atoms with Crippen LogP contribution < -0.4 is 19.1 Å². The number of nitrogens with one attached hydrogen (secondary N) is 1. The number of amides is 1. The lowest BCUT2D eigenvalue weighted by atomic mass is 10.2. The summed E-state index contributed by atoms with van der Waals surface area (Å²) in [5.74, 6) is -1.17. The highest BCUT2D eigenvalue weighted by Crippen LogP contribution is 2.33. The number of ether oxygens (including phenoxy) is 2. The molecular formula is C23H20F4N2O5S. The molecule has 0 bridgehead atoms. The van der Waals surface area contributed by atoms with Crippen molar-refractivity contribution in [3.05, 3.63) is 78.1 Å². The van der Waals surface area contributed by atoms with E-state index < -0.39 is 40.0 Å². The Bertz CT molecular complexity index is 1310. The molecule has 7 nitrogen and oxygen atoms in total. The van der Waals surface area contributed by atoms with E-state index in [0.717, 1.165) is 42.5 Å². The molecule has 0 spiro atoms. The van der Waals surface area contributed by atoms with E-state index >= 15 is 0 Å². The van der Waals surface area contributed by atoms with E-state index in [0.29, 0.717) is 4.31 Å². The van der Waals surface area contributed by atoms with Gasteiger partial charge in [-0.15, -0.1) is 0 Å². The van der Waals surface area contributed by atoms with E-state index in [9.17, 15) is 30.8 Å². The van der Waals surface area contributed by atoms with Gasteiger partial charge in [0.05, 0.1) is 30.4 Å². The maximum atomic E-state index is 13.5. The van der Waals surface area contributed by atoms with Crippen LogP contribution in [0.4, 0.5) is 28.9 Å². The van der Waals surface area contributed by atoms with Gasteiger partial charge in [0, 0.05) is 11.8 Å². The number of anilines is 2. The van der Waals surface area contributed by atoms with Gasteiger partial charge in [0.1, 0.15) is 12.4 Å². The first kappa shape index (κ1) is 25.8. The summed E-state index contributed by atoms with van der Waals surface area (Å²) in [4.78, 5) is 12.5. The van der Waals surface area contributed by atoms with Gasteiger partial charge in [0.25, 0.3) is 10.0 Å². The van der Waals surface area contributed by atoms with E-state index in [1.807, 2.05) is 0 Å². The molecule has 12 heteroatoms. The molecule has 0 heterocycles. The zero-order chi connectivity index (χ0) is 25.8. The third-order valence-corrected chi connectivity index (χ3v) is 6.59. The van der Waals surface area contributed by atoms with Crippen molar-refractivity contribution in [3.63, 3.8) is 0 Å². The standard InChI is InChI=1S/C23H20F4N2O5S/c1-33-20-11-10-19(13-21(20)34-2)35(31,32)29(18-8-6-16(24)7-9-18)14-22(30)28-17-5-3-4-15(12-17)23(25,26)27/h3-13H,14H2,1-2H3,(H,28,30). The Labute approximate surface area is 198 Å². The van der Waals surface area contributed by atoms with Crippen LogP contribution in [0.3, 0.4) is 0 Å². The summed E-state index contributed by atoms with van der Waals surface area (Å²) in [7, 11) is -1.72. The molecule has 0 aromatic heterocycles. The number of nitrogens with zero attached hydrogens (tertiary/aromatic N) is 1. The highest BCUT2D eigenvalue weighted by molar-refractivity contribution is 7.92. The van der Waals surface area contributed by atoms with E-state index in [1.54, 1.807) is 0 Å². The van der Waals surface area contributed by atoms with Crippen molar-refractivity contribution >= 4 is 27.3 Å². The van der Waals surface area contributed by atoms with Crippen molar-refractivity contribution in [2.75, 3.05) is 30.4 Å². The molecular weight excluding hydrogens is 492 g/mol. The van der Waals surface area contributed by atoms with E-state index in [4.69, 9.17) is 9.47 Å². The second-order valence-electron chi connectivity index (χ2n) is 7.13. The first-order valence-electron chi connectivity index (χ1n) is 9.93. The normalized spacial score (nSPS) is 11.6. The van der Waals surface area contributed by atoms with Crippen LogP contribution >= 0.6 is 0 Å². The lowest BCUT2D eigenvalue weighted by Gasteiger charge is -2.24. The minimum absolute atomic E-state index is 0.0413. The largest absolute Gasteiger partial charge is 0.493 e. The Balaban J connectivity index is 1.97. The number of carbonyl (C=O) groups is 1. The molecule has 0 fully saturated rings. The molecule has 0 aliphatic rings. The predicted molar refractivity (Wildman–Crippen MR) is 121 cm³/mol. The van der Waals surface area contributed by atoms with Gasteiger partial charge in [0.2, 0.25) is 5.91 Å². The van der Waals surface area contributed by atoms with E-state index in [-0.39, 0.29) is 27.8 Å². The van der Waals surface area contributed by atoms with E-state index in [1.165, 1.54) is 38.5 Å². The summed E-state index contributed by atoms with van der Waals surface area (Å²) in [6.45, 7) is -0.807. The van der Waals surface area contributed by atoms with Crippen molar-refractivity contribution in [2.24, 2.45) is 0 Å².